The topological polar surface area (TPSA) is 24.9 Å². The minimum atomic E-state index is 0.402. The molecule has 1 atom stereocenters. The SMILES string of the molecule is CNC(C)c1cccc(SCCc2cccnc2)c1. The summed E-state index contributed by atoms with van der Waals surface area (Å²) in [6, 6.07) is 13.3. The summed E-state index contributed by atoms with van der Waals surface area (Å²) >= 11 is 1.90. The van der Waals surface area contributed by atoms with Gasteiger partial charge in [0.05, 0.1) is 0 Å². The Labute approximate surface area is 119 Å². The van der Waals surface area contributed by atoms with Gasteiger partial charge in [-0.1, -0.05) is 18.2 Å². The minimum absolute atomic E-state index is 0.402. The number of hydrogen-bond donors (Lipinski definition) is 1. The molecule has 0 saturated carbocycles. The van der Waals surface area contributed by atoms with Crippen molar-refractivity contribution >= 4 is 11.8 Å². The van der Waals surface area contributed by atoms with E-state index in [-0.39, 0.29) is 0 Å². The molecule has 0 bridgehead atoms. The van der Waals surface area contributed by atoms with Crippen molar-refractivity contribution < 1.29 is 0 Å². The summed E-state index contributed by atoms with van der Waals surface area (Å²) in [5, 5.41) is 3.27. The third-order valence-corrected chi connectivity index (χ3v) is 4.17. The maximum atomic E-state index is 4.14. The van der Waals surface area contributed by atoms with Crippen LogP contribution in [-0.4, -0.2) is 17.8 Å². The second-order valence-corrected chi connectivity index (χ2v) is 5.71. The highest BCUT2D eigenvalue weighted by Gasteiger charge is 2.03. The molecule has 0 amide bonds. The number of rotatable bonds is 6. The fraction of sp³-hybridized carbons (Fsp3) is 0.312. The number of hydrogen-bond acceptors (Lipinski definition) is 3. The Balaban J connectivity index is 1.89. The molecule has 1 N–H and O–H groups in total. The first-order valence-electron chi connectivity index (χ1n) is 6.58. The minimum Gasteiger partial charge on any atom is -0.313 e. The maximum Gasteiger partial charge on any atom is 0.0300 e. The molecule has 3 heteroatoms. The third kappa shape index (κ3) is 4.37. The number of aryl methyl sites for hydroxylation is 1. The van der Waals surface area contributed by atoms with Gasteiger partial charge in [-0.05, 0) is 49.7 Å². The van der Waals surface area contributed by atoms with Crippen LogP contribution in [0.1, 0.15) is 24.1 Å². The lowest BCUT2D eigenvalue weighted by Crippen LogP contribution is -2.12. The molecule has 1 heterocycles. The van der Waals surface area contributed by atoms with Crippen molar-refractivity contribution in [2.24, 2.45) is 0 Å². The van der Waals surface area contributed by atoms with Crippen molar-refractivity contribution in [3.8, 4) is 0 Å². The van der Waals surface area contributed by atoms with Crippen LogP contribution in [0, 0.1) is 0 Å². The lowest BCUT2D eigenvalue weighted by molar-refractivity contribution is 0.651. The van der Waals surface area contributed by atoms with Gasteiger partial charge in [0.25, 0.3) is 0 Å². The first-order chi connectivity index (χ1) is 9.29. The van der Waals surface area contributed by atoms with Crippen LogP contribution in [0.4, 0.5) is 0 Å². The fourth-order valence-corrected chi connectivity index (χ4v) is 2.84. The summed E-state index contributed by atoms with van der Waals surface area (Å²) in [6.45, 7) is 2.18. The van der Waals surface area contributed by atoms with Gasteiger partial charge < -0.3 is 5.32 Å². The Hall–Kier alpha value is -1.32. The van der Waals surface area contributed by atoms with E-state index >= 15 is 0 Å². The van der Waals surface area contributed by atoms with Crippen molar-refractivity contribution in [2.75, 3.05) is 12.8 Å². The number of aromatic nitrogens is 1. The van der Waals surface area contributed by atoms with Crippen LogP contribution in [0.2, 0.25) is 0 Å². The summed E-state index contributed by atoms with van der Waals surface area (Å²) in [7, 11) is 1.99. The highest BCUT2D eigenvalue weighted by molar-refractivity contribution is 7.99. The van der Waals surface area contributed by atoms with E-state index in [9.17, 15) is 0 Å². The normalized spacial score (nSPS) is 12.3. The quantitative estimate of drug-likeness (QED) is 0.812. The molecule has 1 aromatic carbocycles. The van der Waals surface area contributed by atoms with Gasteiger partial charge in [0.2, 0.25) is 0 Å². The van der Waals surface area contributed by atoms with Crippen LogP contribution in [0.5, 0.6) is 0 Å². The van der Waals surface area contributed by atoms with E-state index in [0.29, 0.717) is 6.04 Å². The van der Waals surface area contributed by atoms with Crippen LogP contribution in [-0.2, 0) is 6.42 Å². The Morgan fingerprint density at radius 1 is 1.26 bits per heavy atom. The number of benzene rings is 1. The van der Waals surface area contributed by atoms with Crippen molar-refractivity contribution in [1.29, 1.82) is 0 Å². The molecule has 1 unspecified atom stereocenters. The Kier molecular flexibility index (Phi) is 5.43. The molecule has 1 aromatic heterocycles. The smallest absolute Gasteiger partial charge is 0.0300 e. The molecular formula is C16H20N2S. The molecule has 2 aromatic rings. The Morgan fingerprint density at radius 2 is 2.16 bits per heavy atom. The van der Waals surface area contributed by atoms with Crippen molar-refractivity contribution in [3.63, 3.8) is 0 Å². The van der Waals surface area contributed by atoms with E-state index < -0.39 is 0 Å². The van der Waals surface area contributed by atoms with E-state index in [4.69, 9.17) is 0 Å². The maximum absolute atomic E-state index is 4.14. The summed E-state index contributed by atoms with van der Waals surface area (Å²) in [5.74, 6) is 1.09. The average molecular weight is 272 g/mol. The van der Waals surface area contributed by atoms with Crippen LogP contribution < -0.4 is 5.32 Å². The van der Waals surface area contributed by atoms with Gasteiger partial charge in [0, 0.05) is 29.1 Å². The standard InChI is InChI=1S/C16H20N2S/c1-13(17-2)15-6-3-7-16(11-15)19-10-8-14-5-4-9-18-12-14/h3-7,9,11-13,17H,8,10H2,1-2H3. The molecule has 0 radical (unpaired) electrons. The Bertz CT molecular complexity index is 499. The molecular weight excluding hydrogens is 252 g/mol. The van der Waals surface area contributed by atoms with Gasteiger partial charge in [-0.3, -0.25) is 4.98 Å². The first-order valence-corrected chi connectivity index (χ1v) is 7.57. The molecule has 2 nitrogen and oxygen atoms in total. The molecule has 0 fully saturated rings. The van der Waals surface area contributed by atoms with Gasteiger partial charge in [-0.2, -0.15) is 0 Å². The summed E-state index contributed by atoms with van der Waals surface area (Å²) in [4.78, 5) is 5.48. The largest absolute Gasteiger partial charge is 0.313 e. The van der Waals surface area contributed by atoms with Gasteiger partial charge in [-0.25, -0.2) is 0 Å². The van der Waals surface area contributed by atoms with E-state index in [1.165, 1.54) is 16.0 Å². The van der Waals surface area contributed by atoms with Crippen LogP contribution in [0.15, 0.2) is 53.7 Å². The summed E-state index contributed by atoms with van der Waals surface area (Å²) < 4.78 is 0. The molecule has 0 saturated heterocycles. The third-order valence-electron chi connectivity index (χ3n) is 3.17. The van der Waals surface area contributed by atoms with Crippen molar-refractivity contribution in [1.82, 2.24) is 10.3 Å². The summed E-state index contributed by atoms with van der Waals surface area (Å²) in [6.07, 6.45) is 4.82. The zero-order chi connectivity index (χ0) is 13.5. The van der Waals surface area contributed by atoms with Crippen LogP contribution in [0.25, 0.3) is 0 Å². The molecule has 100 valence electrons. The van der Waals surface area contributed by atoms with E-state index in [1.807, 2.05) is 37.3 Å². The van der Waals surface area contributed by atoms with Crippen molar-refractivity contribution in [3.05, 3.63) is 59.9 Å². The van der Waals surface area contributed by atoms with Crippen LogP contribution in [0.3, 0.4) is 0 Å². The number of thioether (sulfide) groups is 1. The van der Waals surface area contributed by atoms with Crippen molar-refractivity contribution in [2.45, 2.75) is 24.3 Å². The highest BCUT2D eigenvalue weighted by atomic mass is 32.2. The van der Waals surface area contributed by atoms with Crippen LogP contribution >= 0.6 is 11.8 Å². The predicted octanol–water partition coefficient (Wildman–Crippen LogP) is 3.70. The fourth-order valence-electron chi connectivity index (χ4n) is 1.87. The molecule has 0 aliphatic heterocycles. The molecule has 0 spiro atoms. The number of nitrogens with one attached hydrogen (secondary N) is 1. The second kappa shape index (κ2) is 7.31. The zero-order valence-corrected chi connectivity index (χ0v) is 12.3. The predicted molar refractivity (Wildman–Crippen MR) is 82.6 cm³/mol. The monoisotopic (exact) mass is 272 g/mol. The van der Waals surface area contributed by atoms with Gasteiger partial charge in [0.15, 0.2) is 0 Å². The number of pyridine rings is 1. The Morgan fingerprint density at radius 3 is 2.89 bits per heavy atom. The van der Waals surface area contributed by atoms with E-state index in [1.54, 1.807) is 0 Å². The molecule has 2 rings (SSSR count). The lowest BCUT2D eigenvalue weighted by atomic mass is 10.1. The average Bonchev–Trinajstić information content (AvgIpc) is 2.48. The zero-order valence-electron chi connectivity index (χ0n) is 11.5. The molecule has 0 aliphatic carbocycles. The molecule has 0 aliphatic rings. The number of nitrogens with zero attached hydrogens (tertiary/aromatic N) is 1. The van der Waals surface area contributed by atoms with Gasteiger partial charge in [0.1, 0.15) is 0 Å². The first kappa shape index (κ1) is 14.1. The van der Waals surface area contributed by atoms with E-state index in [0.717, 1.165) is 12.2 Å². The highest BCUT2D eigenvalue weighted by Crippen LogP contribution is 2.23. The lowest BCUT2D eigenvalue weighted by Gasteiger charge is -2.11. The second-order valence-electron chi connectivity index (χ2n) is 4.54. The summed E-state index contributed by atoms with van der Waals surface area (Å²) in [5.41, 5.74) is 2.64. The van der Waals surface area contributed by atoms with Gasteiger partial charge >= 0.3 is 0 Å². The van der Waals surface area contributed by atoms with Gasteiger partial charge in [-0.15, -0.1) is 11.8 Å². The van der Waals surface area contributed by atoms with E-state index in [2.05, 4.69) is 47.6 Å². The molecule has 19 heavy (non-hydrogen) atoms.